The van der Waals surface area contributed by atoms with Gasteiger partial charge in [-0.25, -0.2) is 0 Å². The Hall–Kier alpha value is -0.570. The average Bonchev–Trinajstić information content (AvgIpc) is 2.36. The summed E-state index contributed by atoms with van der Waals surface area (Å²) in [7, 11) is 0. The van der Waals surface area contributed by atoms with Crippen LogP contribution in [0.4, 0.5) is 0 Å². The number of nitrogens with zero attached hydrogens (tertiary/aromatic N) is 1. The van der Waals surface area contributed by atoms with Crippen molar-refractivity contribution < 1.29 is 0 Å². The van der Waals surface area contributed by atoms with Crippen LogP contribution >= 0.6 is 12.2 Å². The van der Waals surface area contributed by atoms with Crippen molar-refractivity contribution >= 4 is 12.2 Å². The van der Waals surface area contributed by atoms with Gasteiger partial charge in [0.05, 0.1) is 0 Å². The van der Waals surface area contributed by atoms with Crippen molar-refractivity contribution in [3.63, 3.8) is 0 Å². The molecule has 3 heteroatoms. The molecular formula is C10H18N2S. The van der Waals surface area contributed by atoms with Crippen molar-refractivity contribution in [2.24, 2.45) is 5.41 Å². The third-order valence-electron chi connectivity index (χ3n) is 2.62. The molecule has 0 aliphatic heterocycles. The first-order chi connectivity index (χ1) is 5.96. The molecule has 0 aliphatic carbocycles. The van der Waals surface area contributed by atoms with E-state index in [1.165, 1.54) is 12.1 Å². The van der Waals surface area contributed by atoms with Gasteiger partial charge in [0.25, 0.3) is 0 Å². The standard InChI is InChI=1S/C10H18N2S/c1-5-10(3,4)7-12-8(2)6-11-9(12)13/h6H,5,7H2,1-4H3,(H,11,13). The number of aromatic amines is 1. The summed E-state index contributed by atoms with van der Waals surface area (Å²) in [5.74, 6) is 0. The van der Waals surface area contributed by atoms with Crippen molar-refractivity contribution in [2.45, 2.75) is 40.7 Å². The fraction of sp³-hybridized carbons (Fsp3) is 0.700. The maximum atomic E-state index is 5.20. The largest absolute Gasteiger partial charge is 0.337 e. The van der Waals surface area contributed by atoms with Crippen molar-refractivity contribution in [3.8, 4) is 0 Å². The minimum Gasteiger partial charge on any atom is -0.337 e. The minimum atomic E-state index is 0.325. The van der Waals surface area contributed by atoms with Crippen LogP contribution < -0.4 is 0 Å². The van der Waals surface area contributed by atoms with Gasteiger partial charge in [-0.05, 0) is 31.0 Å². The molecule has 1 heterocycles. The Morgan fingerprint density at radius 2 is 2.15 bits per heavy atom. The molecule has 0 fully saturated rings. The normalized spacial score (nSPS) is 12.0. The van der Waals surface area contributed by atoms with Gasteiger partial charge in [0, 0.05) is 18.4 Å². The van der Waals surface area contributed by atoms with Crippen LogP contribution in [-0.4, -0.2) is 9.55 Å². The van der Waals surface area contributed by atoms with Crippen LogP contribution in [0.5, 0.6) is 0 Å². The molecule has 1 N–H and O–H groups in total. The number of nitrogens with one attached hydrogen (secondary N) is 1. The van der Waals surface area contributed by atoms with Gasteiger partial charge in [0.2, 0.25) is 0 Å². The molecule has 0 saturated carbocycles. The van der Waals surface area contributed by atoms with Crippen molar-refractivity contribution in [1.82, 2.24) is 9.55 Å². The van der Waals surface area contributed by atoms with Crippen molar-refractivity contribution in [3.05, 3.63) is 16.7 Å². The van der Waals surface area contributed by atoms with Gasteiger partial charge in [-0.3, -0.25) is 0 Å². The van der Waals surface area contributed by atoms with E-state index in [9.17, 15) is 0 Å². The van der Waals surface area contributed by atoms with Gasteiger partial charge in [0.15, 0.2) is 4.77 Å². The van der Waals surface area contributed by atoms with Gasteiger partial charge < -0.3 is 9.55 Å². The van der Waals surface area contributed by atoms with Crippen LogP contribution in [-0.2, 0) is 6.54 Å². The topological polar surface area (TPSA) is 20.7 Å². The lowest BCUT2D eigenvalue weighted by atomic mass is 9.90. The highest BCUT2D eigenvalue weighted by molar-refractivity contribution is 7.71. The zero-order chi connectivity index (χ0) is 10.1. The number of hydrogen-bond donors (Lipinski definition) is 1. The van der Waals surface area contributed by atoms with Gasteiger partial charge in [-0.2, -0.15) is 0 Å². The molecule has 0 aliphatic rings. The summed E-state index contributed by atoms with van der Waals surface area (Å²) in [4.78, 5) is 3.06. The molecule has 1 rings (SSSR count). The molecule has 1 aromatic heterocycles. The van der Waals surface area contributed by atoms with Gasteiger partial charge in [-0.1, -0.05) is 20.8 Å². The Kier molecular flexibility index (Phi) is 2.96. The average molecular weight is 198 g/mol. The Bertz CT molecular complexity index is 333. The van der Waals surface area contributed by atoms with Crippen LogP contribution in [0.3, 0.4) is 0 Å². The van der Waals surface area contributed by atoms with E-state index in [0.717, 1.165) is 11.3 Å². The SMILES string of the molecule is CCC(C)(C)Cn1c(C)c[nH]c1=S. The summed E-state index contributed by atoms with van der Waals surface area (Å²) >= 11 is 5.20. The molecule has 0 atom stereocenters. The first-order valence-electron chi connectivity index (χ1n) is 4.71. The zero-order valence-electron chi connectivity index (χ0n) is 8.85. The predicted molar refractivity (Wildman–Crippen MR) is 58.4 cm³/mol. The Labute approximate surface area is 85.0 Å². The maximum Gasteiger partial charge on any atom is 0.177 e. The van der Waals surface area contributed by atoms with E-state index in [0.29, 0.717) is 5.41 Å². The fourth-order valence-corrected chi connectivity index (χ4v) is 1.49. The van der Waals surface area contributed by atoms with Gasteiger partial charge in [0.1, 0.15) is 0 Å². The first kappa shape index (κ1) is 10.5. The second kappa shape index (κ2) is 3.66. The van der Waals surface area contributed by atoms with E-state index >= 15 is 0 Å². The summed E-state index contributed by atoms with van der Waals surface area (Å²) in [6.45, 7) is 9.82. The Balaban J connectivity index is 2.92. The summed E-state index contributed by atoms with van der Waals surface area (Å²) < 4.78 is 3.00. The van der Waals surface area contributed by atoms with Crippen molar-refractivity contribution in [1.29, 1.82) is 0 Å². The minimum absolute atomic E-state index is 0.325. The van der Waals surface area contributed by atoms with E-state index in [4.69, 9.17) is 12.2 Å². The molecule has 0 radical (unpaired) electrons. The number of hydrogen-bond acceptors (Lipinski definition) is 1. The van der Waals surface area contributed by atoms with Crippen molar-refractivity contribution in [2.75, 3.05) is 0 Å². The molecule has 0 amide bonds. The van der Waals surface area contributed by atoms with Crippen LogP contribution in [0.2, 0.25) is 0 Å². The zero-order valence-corrected chi connectivity index (χ0v) is 9.66. The molecule has 0 bridgehead atoms. The third-order valence-corrected chi connectivity index (χ3v) is 2.96. The number of imidazole rings is 1. The number of rotatable bonds is 3. The molecule has 0 aromatic carbocycles. The highest BCUT2D eigenvalue weighted by Crippen LogP contribution is 2.23. The summed E-state index contributed by atoms with van der Waals surface area (Å²) in [5.41, 5.74) is 1.54. The smallest absolute Gasteiger partial charge is 0.177 e. The molecule has 74 valence electrons. The summed E-state index contributed by atoms with van der Waals surface area (Å²) in [6.07, 6.45) is 3.13. The lowest BCUT2D eigenvalue weighted by Gasteiger charge is -2.23. The quantitative estimate of drug-likeness (QED) is 0.739. The maximum absolute atomic E-state index is 5.20. The van der Waals surface area contributed by atoms with Crippen LogP contribution in [0.1, 0.15) is 32.9 Å². The van der Waals surface area contributed by atoms with E-state index in [1.807, 2.05) is 6.20 Å². The number of aromatic nitrogens is 2. The predicted octanol–water partition coefficient (Wildman–Crippen LogP) is 3.29. The van der Waals surface area contributed by atoms with E-state index < -0.39 is 0 Å². The lowest BCUT2D eigenvalue weighted by molar-refractivity contribution is 0.290. The monoisotopic (exact) mass is 198 g/mol. The highest BCUT2D eigenvalue weighted by Gasteiger charge is 2.16. The fourth-order valence-electron chi connectivity index (χ4n) is 1.22. The Morgan fingerprint density at radius 1 is 1.54 bits per heavy atom. The molecule has 13 heavy (non-hydrogen) atoms. The molecular weight excluding hydrogens is 180 g/mol. The Morgan fingerprint density at radius 3 is 2.54 bits per heavy atom. The first-order valence-corrected chi connectivity index (χ1v) is 5.12. The molecule has 2 nitrogen and oxygen atoms in total. The second-order valence-electron chi connectivity index (χ2n) is 4.34. The molecule has 0 saturated heterocycles. The highest BCUT2D eigenvalue weighted by atomic mass is 32.1. The summed E-state index contributed by atoms with van der Waals surface area (Å²) in [5, 5.41) is 0. The third kappa shape index (κ3) is 2.44. The molecule has 0 unspecified atom stereocenters. The van der Waals surface area contributed by atoms with E-state index in [-0.39, 0.29) is 0 Å². The second-order valence-corrected chi connectivity index (χ2v) is 4.73. The van der Waals surface area contributed by atoms with E-state index in [1.54, 1.807) is 0 Å². The van der Waals surface area contributed by atoms with Crippen LogP contribution in [0, 0.1) is 17.1 Å². The number of aryl methyl sites for hydroxylation is 1. The molecule has 1 aromatic rings. The van der Waals surface area contributed by atoms with Crippen LogP contribution in [0.15, 0.2) is 6.20 Å². The summed E-state index contributed by atoms with van der Waals surface area (Å²) in [6, 6.07) is 0. The van der Waals surface area contributed by atoms with E-state index in [2.05, 4.69) is 37.2 Å². The lowest BCUT2D eigenvalue weighted by Crippen LogP contribution is -2.19. The van der Waals surface area contributed by atoms with Gasteiger partial charge >= 0.3 is 0 Å². The molecule has 0 spiro atoms. The number of H-pyrrole nitrogens is 1. The van der Waals surface area contributed by atoms with Gasteiger partial charge in [-0.15, -0.1) is 0 Å². The van der Waals surface area contributed by atoms with Crippen LogP contribution in [0.25, 0.3) is 0 Å².